The molecule has 2 aliphatic rings. The lowest BCUT2D eigenvalue weighted by atomic mass is 9.98. The molecule has 17 heavy (non-hydrogen) atoms. The van der Waals surface area contributed by atoms with E-state index in [9.17, 15) is 0 Å². The Kier molecular flexibility index (Phi) is 2.44. The van der Waals surface area contributed by atoms with Crippen molar-refractivity contribution in [1.29, 1.82) is 0 Å². The van der Waals surface area contributed by atoms with Crippen molar-refractivity contribution in [1.82, 2.24) is 0 Å². The third-order valence-electron chi connectivity index (χ3n) is 2.97. The summed E-state index contributed by atoms with van der Waals surface area (Å²) in [4.78, 5) is 4.31. The Morgan fingerprint density at radius 1 is 1.35 bits per heavy atom. The van der Waals surface area contributed by atoms with Gasteiger partial charge in [0.15, 0.2) is 0 Å². The summed E-state index contributed by atoms with van der Waals surface area (Å²) in [6.07, 6.45) is 8.01. The summed E-state index contributed by atoms with van der Waals surface area (Å²) in [5.74, 6) is 0.916. The molecule has 0 atom stereocenters. The highest BCUT2D eigenvalue weighted by atomic mass is 16.5. The minimum atomic E-state index is 0.722. The number of ether oxygens (including phenoxy) is 1. The Morgan fingerprint density at radius 2 is 2.29 bits per heavy atom. The third-order valence-corrected chi connectivity index (χ3v) is 2.97. The van der Waals surface area contributed by atoms with E-state index < -0.39 is 0 Å². The Labute approximate surface area is 100 Å². The molecule has 1 aromatic rings. The molecule has 0 aromatic heterocycles. The smallest absolute Gasteiger partial charge is 0.126 e. The average molecular weight is 226 g/mol. The number of fused-ring (bicyclic) bond motifs is 1. The van der Waals surface area contributed by atoms with E-state index >= 15 is 0 Å². The molecule has 3 heteroatoms. The van der Waals surface area contributed by atoms with Crippen LogP contribution in [0.15, 0.2) is 41.0 Å². The van der Waals surface area contributed by atoms with E-state index in [2.05, 4.69) is 17.1 Å². The second-order valence-electron chi connectivity index (χ2n) is 4.20. The van der Waals surface area contributed by atoms with Crippen LogP contribution in [0.25, 0.3) is 5.57 Å². The maximum Gasteiger partial charge on any atom is 0.126 e. The maximum absolute atomic E-state index is 5.83. The van der Waals surface area contributed by atoms with Gasteiger partial charge in [-0.05, 0) is 29.8 Å². The topological polar surface area (TPSA) is 47.6 Å². The molecular weight excluding hydrogens is 212 g/mol. The van der Waals surface area contributed by atoms with Gasteiger partial charge in [0.1, 0.15) is 5.75 Å². The van der Waals surface area contributed by atoms with E-state index in [-0.39, 0.29) is 0 Å². The van der Waals surface area contributed by atoms with Gasteiger partial charge in [0.05, 0.1) is 12.3 Å². The molecule has 0 aliphatic carbocycles. The number of nitrogens with zero attached hydrogens (tertiary/aromatic N) is 1. The Hall–Kier alpha value is -2.03. The van der Waals surface area contributed by atoms with Crippen LogP contribution in [0.4, 0.5) is 5.69 Å². The normalized spacial score (nSPS) is 20.0. The Bertz CT molecular complexity index is 541. The van der Waals surface area contributed by atoms with Crippen molar-refractivity contribution in [3.8, 4) is 5.75 Å². The lowest BCUT2D eigenvalue weighted by molar-refractivity contribution is 0.316. The van der Waals surface area contributed by atoms with Gasteiger partial charge in [-0.2, -0.15) is 0 Å². The molecule has 0 saturated carbocycles. The SMILES string of the molecule is Nc1ccc2c(c1)/C(=C/C1=CCC=N1)CCO2. The van der Waals surface area contributed by atoms with E-state index in [4.69, 9.17) is 10.5 Å². The van der Waals surface area contributed by atoms with Crippen LogP contribution in [-0.2, 0) is 0 Å². The first-order valence-electron chi connectivity index (χ1n) is 5.79. The highest BCUT2D eigenvalue weighted by Crippen LogP contribution is 2.35. The molecule has 0 bridgehead atoms. The van der Waals surface area contributed by atoms with Crippen molar-refractivity contribution < 1.29 is 4.74 Å². The van der Waals surface area contributed by atoms with Crippen LogP contribution in [0.2, 0.25) is 0 Å². The fraction of sp³-hybridized carbons (Fsp3) is 0.214. The lowest BCUT2D eigenvalue weighted by Crippen LogP contribution is -2.08. The van der Waals surface area contributed by atoms with Crippen LogP contribution in [-0.4, -0.2) is 12.8 Å². The molecule has 0 saturated heterocycles. The van der Waals surface area contributed by atoms with Crippen molar-refractivity contribution >= 4 is 17.5 Å². The summed E-state index contributed by atoms with van der Waals surface area (Å²) in [6.45, 7) is 0.722. The number of nitrogens with two attached hydrogens (primary N) is 1. The molecule has 0 radical (unpaired) electrons. The summed E-state index contributed by atoms with van der Waals surface area (Å²) in [5.41, 5.74) is 9.98. The number of nitrogen functional groups attached to an aromatic ring is 1. The summed E-state index contributed by atoms with van der Waals surface area (Å²) in [6, 6.07) is 5.78. The van der Waals surface area contributed by atoms with Gasteiger partial charge in [-0.3, -0.25) is 4.99 Å². The quantitative estimate of drug-likeness (QED) is 0.748. The van der Waals surface area contributed by atoms with Gasteiger partial charge in [-0.15, -0.1) is 0 Å². The lowest BCUT2D eigenvalue weighted by Gasteiger charge is -2.20. The second kappa shape index (κ2) is 4.09. The van der Waals surface area contributed by atoms with Gasteiger partial charge in [0, 0.05) is 30.3 Å². The minimum absolute atomic E-state index is 0.722. The number of rotatable bonds is 1. The van der Waals surface area contributed by atoms with Crippen LogP contribution in [0.1, 0.15) is 18.4 Å². The van der Waals surface area contributed by atoms with Gasteiger partial charge in [-0.25, -0.2) is 0 Å². The van der Waals surface area contributed by atoms with Crippen LogP contribution in [0.3, 0.4) is 0 Å². The molecular formula is C14H14N2O. The van der Waals surface area contributed by atoms with Gasteiger partial charge in [0.25, 0.3) is 0 Å². The first-order valence-corrected chi connectivity index (χ1v) is 5.79. The average Bonchev–Trinajstić information content (AvgIpc) is 2.83. The molecule has 0 spiro atoms. The standard InChI is InChI=1S/C14H14N2O/c15-11-3-4-14-13(9-11)10(5-7-17-14)8-12-2-1-6-16-12/h2-4,6,8-9H,1,5,7,15H2/b10-8+. The highest BCUT2D eigenvalue weighted by molar-refractivity contribution is 5.77. The minimum Gasteiger partial charge on any atom is -0.493 e. The fourth-order valence-electron chi connectivity index (χ4n) is 2.14. The zero-order valence-corrected chi connectivity index (χ0v) is 9.52. The van der Waals surface area contributed by atoms with E-state index in [0.717, 1.165) is 42.1 Å². The summed E-state index contributed by atoms with van der Waals surface area (Å²) in [5, 5.41) is 0. The molecule has 0 fully saturated rings. The molecule has 2 heterocycles. The Balaban J connectivity index is 2.04. The predicted octanol–water partition coefficient (Wildman–Crippen LogP) is 2.79. The number of hydrogen-bond acceptors (Lipinski definition) is 3. The zero-order valence-electron chi connectivity index (χ0n) is 9.52. The maximum atomic E-state index is 5.83. The molecule has 1 aromatic carbocycles. The first-order chi connectivity index (χ1) is 8.33. The van der Waals surface area contributed by atoms with E-state index in [1.807, 2.05) is 24.4 Å². The van der Waals surface area contributed by atoms with E-state index in [1.54, 1.807) is 0 Å². The van der Waals surface area contributed by atoms with Crippen LogP contribution < -0.4 is 10.5 Å². The second-order valence-corrected chi connectivity index (χ2v) is 4.20. The van der Waals surface area contributed by atoms with Gasteiger partial charge in [-0.1, -0.05) is 6.08 Å². The molecule has 2 aliphatic heterocycles. The van der Waals surface area contributed by atoms with Gasteiger partial charge >= 0.3 is 0 Å². The molecule has 0 unspecified atom stereocenters. The summed E-state index contributed by atoms with van der Waals surface area (Å²) in [7, 11) is 0. The van der Waals surface area contributed by atoms with Crippen molar-refractivity contribution in [2.75, 3.05) is 12.3 Å². The van der Waals surface area contributed by atoms with Gasteiger partial charge in [0.2, 0.25) is 0 Å². The number of allylic oxidation sites excluding steroid dienone is 2. The van der Waals surface area contributed by atoms with E-state index in [1.165, 1.54) is 5.57 Å². The van der Waals surface area contributed by atoms with Crippen molar-refractivity contribution in [3.05, 3.63) is 41.6 Å². The van der Waals surface area contributed by atoms with Crippen molar-refractivity contribution in [2.24, 2.45) is 4.99 Å². The summed E-state index contributed by atoms with van der Waals surface area (Å²) >= 11 is 0. The molecule has 3 nitrogen and oxygen atoms in total. The van der Waals surface area contributed by atoms with Gasteiger partial charge < -0.3 is 10.5 Å². The third kappa shape index (κ3) is 1.96. The fourth-order valence-corrected chi connectivity index (χ4v) is 2.14. The predicted molar refractivity (Wildman–Crippen MR) is 70.1 cm³/mol. The number of anilines is 1. The molecule has 86 valence electrons. The van der Waals surface area contributed by atoms with Crippen LogP contribution in [0.5, 0.6) is 5.75 Å². The Morgan fingerprint density at radius 3 is 3.12 bits per heavy atom. The van der Waals surface area contributed by atoms with Crippen molar-refractivity contribution in [3.63, 3.8) is 0 Å². The number of aliphatic imine (C=N–C) groups is 1. The van der Waals surface area contributed by atoms with Crippen LogP contribution >= 0.6 is 0 Å². The zero-order chi connectivity index (χ0) is 11.7. The van der Waals surface area contributed by atoms with E-state index in [0.29, 0.717) is 0 Å². The summed E-state index contributed by atoms with van der Waals surface area (Å²) < 4.78 is 5.62. The van der Waals surface area contributed by atoms with Crippen molar-refractivity contribution in [2.45, 2.75) is 12.8 Å². The molecule has 3 rings (SSSR count). The molecule has 2 N–H and O–H groups in total. The largest absolute Gasteiger partial charge is 0.493 e. The van der Waals surface area contributed by atoms with Crippen LogP contribution in [0, 0.1) is 0 Å². The number of benzene rings is 1. The highest BCUT2D eigenvalue weighted by Gasteiger charge is 2.15. The molecule has 0 amide bonds. The monoisotopic (exact) mass is 226 g/mol. The first kappa shape index (κ1) is 10.1. The number of hydrogen-bond donors (Lipinski definition) is 1.